The van der Waals surface area contributed by atoms with E-state index in [2.05, 4.69) is 15.3 Å². The average Bonchev–Trinajstić information content (AvgIpc) is 2.56. The Balaban J connectivity index is 2.15. The molecular formula is C15H19N3O3. The van der Waals surface area contributed by atoms with Crippen LogP contribution in [0.2, 0.25) is 0 Å². The molecule has 6 heteroatoms. The summed E-state index contributed by atoms with van der Waals surface area (Å²) in [6.45, 7) is 0.412. The molecule has 2 aromatic rings. The number of aliphatic hydroxyl groups is 1. The second-order valence-electron chi connectivity index (χ2n) is 4.40. The maximum atomic E-state index is 9.55. The predicted octanol–water partition coefficient (Wildman–Crippen LogP) is 1.32. The van der Waals surface area contributed by atoms with Gasteiger partial charge < -0.3 is 19.9 Å². The van der Waals surface area contributed by atoms with E-state index in [1.54, 1.807) is 14.2 Å². The summed E-state index contributed by atoms with van der Waals surface area (Å²) in [5.74, 6) is 0.915. The van der Waals surface area contributed by atoms with E-state index < -0.39 is 0 Å². The van der Waals surface area contributed by atoms with Crippen molar-refractivity contribution in [2.24, 2.45) is 0 Å². The molecule has 1 aromatic heterocycles. The Morgan fingerprint density at radius 1 is 1.10 bits per heavy atom. The Labute approximate surface area is 123 Å². The fraction of sp³-hybridized carbons (Fsp3) is 0.333. The molecule has 1 heterocycles. The summed E-state index contributed by atoms with van der Waals surface area (Å²) in [6, 6.07) is 9.56. The van der Waals surface area contributed by atoms with E-state index in [0.717, 1.165) is 11.1 Å². The molecule has 1 atom stereocenters. The first-order valence-electron chi connectivity index (χ1n) is 6.61. The quantitative estimate of drug-likeness (QED) is 0.800. The number of benzene rings is 1. The lowest BCUT2D eigenvalue weighted by molar-refractivity contribution is 0.242. The molecule has 0 aliphatic rings. The highest BCUT2D eigenvalue weighted by Crippen LogP contribution is 2.24. The standard InChI is InChI=1S/C15H19N3O3/c1-20-14-12(15(21-2)18-10-17-14)8-16-13(9-19)11-6-4-3-5-7-11/h3-7,10,13,16,19H,8-9H2,1-2H3/t13-/m0/s1. The van der Waals surface area contributed by atoms with Crippen LogP contribution in [-0.4, -0.2) is 35.9 Å². The number of aliphatic hydroxyl groups excluding tert-OH is 1. The van der Waals surface area contributed by atoms with Crippen molar-refractivity contribution in [2.45, 2.75) is 12.6 Å². The van der Waals surface area contributed by atoms with Gasteiger partial charge in [-0.2, -0.15) is 0 Å². The van der Waals surface area contributed by atoms with Crippen molar-refractivity contribution in [3.63, 3.8) is 0 Å². The fourth-order valence-corrected chi connectivity index (χ4v) is 2.08. The number of rotatable bonds is 7. The number of hydrogen-bond donors (Lipinski definition) is 2. The van der Waals surface area contributed by atoms with Gasteiger partial charge in [-0.3, -0.25) is 0 Å². The fourth-order valence-electron chi connectivity index (χ4n) is 2.08. The lowest BCUT2D eigenvalue weighted by Crippen LogP contribution is -2.24. The van der Waals surface area contributed by atoms with Gasteiger partial charge in [0.25, 0.3) is 0 Å². The van der Waals surface area contributed by atoms with E-state index in [-0.39, 0.29) is 12.6 Å². The summed E-state index contributed by atoms with van der Waals surface area (Å²) in [5, 5.41) is 12.8. The van der Waals surface area contributed by atoms with Crippen LogP contribution in [0, 0.1) is 0 Å². The number of nitrogens with one attached hydrogen (secondary N) is 1. The van der Waals surface area contributed by atoms with Crippen molar-refractivity contribution in [1.29, 1.82) is 0 Å². The molecule has 2 rings (SSSR count). The Hall–Kier alpha value is -2.18. The molecule has 0 spiro atoms. The Kier molecular flexibility index (Phi) is 5.48. The van der Waals surface area contributed by atoms with Gasteiger partial charge in [0.15, 0.2) is 0 Å². The summed E-state index contributed by atoms with van der Waals surface area (Å²) in [7, 11) is 3.10. The molecule has 2 N–H and O–H groups in total. The summed E-state index contributed by atoms with van der Waals surface area (Å²) in [6.07, 6.45) is 1.39. The minimum absolute atomic E-state index is 0.0116. The maximum absolute atomic E-state index is 9.55. The van der Waals surface area contributed by atoms with Crippen molar-refractivity contribution in [3.05, 3.63) is 47.8 Å². The van der Waals surface area contributed by atoms with Crippen LogP contribution in [0.4, 0.5) is 0 Å². The molecule has 0 aliphatic heterocycles. The molecule has 0 fully saturated rings. The van der Waals surface area contributed by atoms with Crippen molar-refractivity contribution in [1.82, 2.24) is 15.3 Å². The van der Waals surface area contributed by atoms with Crippen molar-refractivity contribution in [3.8, 4) is 11.8 Å². The van der Waals surface area contributed by atoms with Crippen LogP contribution in [0.1, 0.15) is 17.2 Å². The number of methoxy groups -OCH3 is 2. The van der Waals surface area contributed by atoms with Gasteiger partial charge in [-0.25, -0.2) is 9.97 Å². The first kappa shape index (κ1) is 15.2. The average molecular weight is 289 g/mol. The smallest absolute Gasteiger partial charge is 0.224 e. The summed E-state index contributed by atoms with van der Waals surface area (Å²) in [4.78, 5) is 8.13. The highest BCUT2D eigenvalue weighted by Gasteiger charge is 2.16. The SMILES string of the molecule is COc1ncnc(OC)c1CN[C@@H](CO)c1ccccc1. The summed E-state index contributed by atoms with van der Waals surface area (Å²) in [5.41, 5.74) is 1.73. The third kappa shape index (κ3) is 3.68. The van der Waals surface area contributed by atoms with Crippen LogP contribution >= 0.6 is 0 Å². The molecule has 0 bridgehead atoms. The Morgan fingerprint density at radius 3 is 2.24 bits per heavy atom. The molecule has 0 unspecified atom stereocenters. The van der Waals surface area contributed by atoms with Crippen LogP contribution in [0.25, 0.3) is 0 Å². The molecule has 0 aliphatic carbocycles. The third-order valence-electron chi connectivity index (χ3n) is 3.16. The molecule has 0 radical (unpaired) electrons. The Morgan fingerprint density at radius 2 is 1.71 bits per heavy atom. The molecular weight excluding hydrogens is 270 g/mol. The van der Waals surface area contributed by atoms with Crippen molar-refractivity contribution in [2.75, 3.05) is 20.8 Å². The third-order valence-corrected chi connectivity index (χ3v) is 3.16. The molecule has 0 saturated heterocycles. The number of aromatic nitrogens is 2. The normalized spacial score (nSPS) is 12.0. The monoisotopic (exact) mass is 289 g/mol. The van der Waals surface area contributed by atoms with Gasteiger partial charge in [0, 0.05) is 6.54 Å². The molecule has 0 saturated carbocycles. The van der Waals surface area contributed by atoms with Crippen molar-refractivity contribution < 1.29 is 14.6 Å². The van der Waals surface area contributed by atoms with Gasteiger partial charge in [-0.05, 0) is 5.56 Å². The first-order chi connectivity index (χ1) is 10.3. The number of ether oxygens (including phenoxy) is 2. The van der Waals surface area contributed by atoms with E-state index in [1.807, 2.05) is 30.3 Å². The minimum atomic E-state index is -0.180. The highest BCUT2D eigenvalue weighted by atomic mass is 16.5. The van der Waals surface area contributed by atoms with E-state index in [9.17, 15) is 5.11 Å². The molecule has 112 valence electrons. The van der Waals surface area contributed by atoms with Gasteiger partial charge in [-0.15, -0.1) is 0 Å². The van der Waals surface area contributed by atoms with Gasteiger partial charge in [0.1, 0.15) is 6.33 Å². The second kappa shape index (κ2) is 7.56. The molecule has 21 heavy (non-hydrogen) atoms. The zero-order chi connectivity index (χ0) is 15.1. The zero-order valence-electron chi connectivity index (χ0n) is 12.1. The lowest BCUT2D eigenvalue weighted by atomic mass is 10.1. The van der Waals surface area contributed by atoms with Crippen LogP contribution in [0.5, 0.6) is 11.8 Å². The van der Waals surface area contributed by atoms with Crippen LogP contribution in [0.15, 0.2) is 36.7 Å². The van der Waals surface area contributed by atoms with E-state index >= 15 is 0 Å². The number of nitrogens with zero attached hydrogens (tertiary/aromatic N) is 2. The van der Waals surface area contributed by atoms with E-state index in [4.69, 9.17) is 9.47 Å². The first-order valence-corrected chi connectivity index (χ1v) is 6.61. The topological polar surface area (TPSA) is 76.5 Å². The zero-order valence-corrected chi connectivity index (χ0v) is 12.1. The number of hydrogen-bond acceptors (Lipinski definition) is 6. The van der Waals surface area contributed by atoms with Gasteiger partial charge in [-0.1, -0.05) is 30.3 Å². The van der Waals surface area contributed by atoms with Gasteiger partial charge in [0.2, 0.25) is 11.8 Å². The minimum Gasteiger partial charge on any atom is -0.481 e. The highest BCUT2D eigenvalue weighted by molar-refractivity contribution is 5.34. The lowest BCUT2D eigenvalue weighted by Gasteiger charge is -2.18. The summed E-state index contributed by atoms with van der Waals surface area (Å²) < 4.78 is 10.5. The van der Waals surface area contributed by atoms with Gasteiger partial charge in [0.05, 0.1) is 32.4 Å². The maximum Gasteiger partial charge on any atom is 0.224 e. The predicted molar refractivity (Wildman–Crippen MR) is 78.2 cm³/mol. The van der Waals surface area contributed by atoms with Crippen LogP contribution in [0.3, 0.4) is 0 Å². The van der Waals surface area contributed by atoms with Crippen LogP contribution in [-0.2, 0) is 6.54 Å². The van der Waals surface area contributed by atoms with Gasteiger partial charge >= 0.3 is 0 Å². The largest absolute Gasteiger partial charge is 0.481 e. The van der Waals surface area contributed by atoms with E-state index in [1.165, 1.54) is 6.33 Å². The molecule has 6 nitrogen and oxygen atoms in total. The summed E-state index contributed by atoms with van der Waals surface area (Å²) >= 11 is 0. The van der Waals surface area contributed by atoms with E-state index in [0.29, 0.717) is 18.3 Å². The Bertz CT molecular complexity index is 541. The second-order valence-corrected chi connectivity index (χ2v) is 4.40. The van der Waals surface area contributed by atoms with Crippen LogP contribution < -0.4 is 14.8 Å². The molecule has 1 aromatic carbocycles. The van der Waals surface area contributed by atoms with Crippen molar-refractivity contribution >= 4 is 0 Å². The molecule has 0 amide bonds.